The summed E-state index contributed by atoms with van der Waals surface area (Å²) in [7, 11) is 0. The fourth-order valence-corrected chi connectivity index (χ4v) is 2.76. The number of fused-ring (bicyclic) bond motifs is 1. The van der Waals surface area contributed by atoms with E-state index in [9.17, 15) is 0 Å². The molecule has 0 saturated carbocycles. The van der Waals surface area contributed by atoms with Crippen LogP contribution in [0.15, 0.2) is 60.7 Å². The molecule has 0 aliphatic rings. The summed E-state index contributed by atoms with van der Waals surface area (Å²) >= 11 is 0. The fraction of sp³-hybridized carbons (Fsp3) is 0.250. The second-order valence-corrected chi connectivity index (χ2v) is 5.60. The minimum atomic E-state index is 0. The minimum absolute atomic E-state index is 0. The van der Waals surface area contributed by atoms with E-state index in [4.69, 9.17) is 4.98 Å². The first-order valence-electron chi connectivity index (χ1n) is 8.03. The van der Waals surface area contributed by atoms with E-state index >= 15 is 0 Å². The van der Waals surface area contributed by atoms with Gasteiger partial charge in [-0.3, -0.25) is 0 Å². The number of halogens is 2. The zero-order valence-corrected chi connectivity index (χ0v) is 17.5. The van der Waals surface area contributed by atoms with Crippen LogP contribution < -0.4 is 5.32 Å². The summed E-state index contributed by atoms with van der Waals surface area (Å²) in [4.78, 5) is 4.83. The van der Waals surface area contributed by atoms with Crippen LogP contribution in [0.5, 0.6) is 0 Å². The highest BCUT2D eigenvalue weighted by Crippen LogP contribution is 2.29. The second kappa shape index (κ2) is 9.80. The SMILES string of the molecule is Br.Br.CCC(CC)Nc1cc(-c2ccccc2)nc2ccccc12. The first kappa shape index (κ1) is 20.7. The number of nitrogens with zero attached hydrogens (tertiary/aromatic N) is 1. The summed E-state index contributed by atoms with van der Waals surface area (Å²) in [6.45, 7) is 4.45. The van der Waals surface area contributed by atoms with Crippen LogP contribution in [0, 0.1) is 0 Å². The van der Waals surface area contributed by atoms with Gasteiger partial charge in [-0.25, -0.2) is 4.98 Å². The molecule has 0 aliphatic carbocycles. The van der Waals surface area contributed by atoms with Gasteiger partial charge in [0.1, 0.15) is 0 Å². The number of nitrogens with one attached hydrogen (secondary N) is 1. The maximum absolute atomic E-state index is 4.83. The van der Waals surface area contributed by atoms with Crippen LogP contribution in [-0.4, -0.2) is 11.0 Å². The molecular formula is C20H24Br2N2. The van der Waals surface area contributed by atoms with Crippen molar-refractivity contribution in [3.05, 3.63) is 60.7 Å². The molecule has 0 radical (unpaired) electrons. The molecule has 0 atom stereocenters. The van der Waals surface area contributed by atoms with Gasteiger partial charge in [-0.15, -0.1) is 34.0 Å². The minimum Gasteiger partial charge on any atom is -0.382 e. The summed E-state index contributed by atoms with van der Waals surface area (Å²) in [5, 5.41) is 4.88. The topological polar surface area (TPSA) is 24.9 Å². The largest absolute Gasteiger partial charge is 0.382 e. The van der Waals surface area contributed by atoms with Crippen molar-refractivity contribution < 1.29 is 0 Å². The Kier molecular flexibility index (Phi) is 8.43. The van der Waals surface area contributed by atoms with Gasteiger partial charge < -0.3 is 5.32 Å². The Hall–Kier alpha value is -1.39. The summed E-state index contributed by atoms with van der Waals surface area (Å²) in [6.07, 6.45) is 2.24. The lowest BCUT2D eigenvalue weighted by molar-refractivity contribution is 0.672. The van der Waals surface area contributed by atoms with Crippen molar-refractivity contribution >= 4 is 50.6 Å². The highest BCUT2D eigenvalue weighted by molar-refractivity contribution is 8.93. The fourth-order valence-electron chi connectivity index (χ4n) is 2.76. The van der Waals surface area contributed by atoms with Crippen LogP contribution in [0.25, 0.3) is 22.2 Å². The van der Waals surface area contributed by atoms with Gasteiger partial charge in [-0.05, 0) is 25.0 Å². The average molecular weight is 452 g/mol. The van der Waals surface area contributed by atoms with Gasteiger partial charge in [-0.2, -0.15) is 0 Å². The van der Waals surface area contributed by atoms with Crippen molar-refractivity contribution in [1.82, 2.24) is 4.98 Å². The Morgan fingerprint density at radius 1 is 0.875 bits per heavy atom. The lowest BCUT2D eigenvalue weighted by Gasteiger charge is -2.18. The molecule has 0 fully saturated rings. The molecule has 4 heteroatoms. The van der Waals surface area contributed by atoms with Crippen LogP contribution in [-0.2, 0) is 0 Å². The Morgan fingerprint density at radius 2 is 1.50 bits per heavy atom. The zero-order valence-electron chi connectivity index (χ0n) is 14.0. The third kappa shape index (κ3) is 4.58. The highest BCUT2D eigenvalue weighted by Gasteiger charge is 2.10. The maximum atomic E-state index is 4.83. The Bertz CT molecular complexity index is 756. The average Bonchev–Trinajstić information content (AvgIpc) is 2.60. The van der Waals surface area contributed by atoms with Gasteiger partial charge in [0.05, 0.1) is 11.2 Å². The monoisotopic (exact) mass is 450 g/mol. The molecule has 0 bridgehead atoms. The number of anilines is 1. The van der Waals surface area contributed by atoms with Crippen molar-refractivity contribution in [2.45, 2.75) is 32.7 Å². The van der Waals surface area contributed by atoms with E-state index in [0.29, 0.717) is 6.04 Å². The molecular weight excluding hydrogens is 428 g/mol. The number of benzene rings is 2. The zero-order chi connectivity index (χ0) is 15.4. The molecule has 2 aromatic carbocycles. The van der Waals surface area contributed by atoms with E-state index in [-0.39, 0.29) is 34.0 Å². The number of rotatable bonds is 5. The van der Waals surface area contributed by atoms with E-state index in [1.54, 1.807) is 0 Å². The maximum Gasteiger partial charge on any atom is 0.0730 e. The smallest absolute Gasteiger partial charge is 0.0730 e. The lowest BCUT2D eigenvalue weighted by atomic mass is 10.1. The third-order valence-corrected chi connectivity index (χ3v) is 4.13. The molecule has 0 saturated heterocycles. The normalized spacial score (nSPS) is 10.1. The highest BCUT2D eigenvalue weighted by atomic mass is 79.9. The van der Waals surface area contributed by atoms with E-state index in [1.807, 2.05) is 12.1 Å². The van der Waals surface area contributed by atoms with Crippen molar-refractivity contribution in [2.75, 3.05) is 5.32 Å². The van der Waals surface area contributed by atoms with E-state index < -0.39 is 0 Å². The van der Waals surface area contributed by atoms with Crippen LogP contribution in [0.1, 0.15) is 26.7 Å². The molecule has 24 heavy (non-hydrogen) atoms. The van der Waals surface area contributed by atoms with Crippen LogP contribution in [0.3, 0.4) is 0 Å². The molecule has 3 aromatic rings. The molecule has 128 valence electrons. The van der Waals surface area contributed by atoms with Gasteiger partial charge in [-0.1, -0.05) is 62.4 Å². The molecule has 0 unspecified atom stereocenters. The summed E-state index contributed by atoms with van der Waals surface area (Å²) in [5.74, 6) is 0. The van der Waals surface area contributed by atoms with E-state index in [0.717, 1.165) is 29.6 Å². The van der Waals surface area contributed by atoms with Gasteiger partial charge in [0.2, 0.25) is 0 Å². The van der Waals surface area contributed by atoms with Crippen LogP contribution in [0.4, 0.5) is 5.69 Å². The Morgan fingerprint density at radius 3 is 2.17 bits per heavy atom. The number of pyridine rings is 1. The molecule has 3 rings (SSSR count). The van der Waals surface area contributed by atoms with Crippen molar-refractivity contribution in [3.63, 3.8) is 0 Å². The molecule has 0 amide bonds. The molecule has 2 nitrogen and oxygen atoms in total. The number of para-hydroxylation sites is 1. The molecule has 0 spiro atoms. The predicted octanol–water partition coefficient (Wildman–Crippen LogP) is 6.66. The molecule has 1 aromatic heterocycles. The summed E-state index contributed by atoms with van der Waals surface area (Å²) in [6, 6.07) is 21.4. The van der Waals surface area contributed by atoms with Crippen LogP contribution >= 0.6 is 34.0 Å². The Balaban J connectivity index is 0.00000144. The second-order valence-electron chi connectivity index (χ2n) is 5.60. The first-order chi connectivity index (χ1) is 10.8. The van der Waals surface area contributed by atoms with Crippen molar-refractivity contribution in [3.8, 4) is 11.3 Å². The van der Waals surface area contributed by atoms with Gasteiger partial charge in [0.25, 0.3) is 0 Å². The number of aromatic nitrogens is 1. The van der Waals surface area contributed by atoms with E-state index in [1.165, 1.54) is 11.1 Å². The predicted molar refractivity (Wildman–Crippen MR) is 116 cm³/mol. The third-order valence-electron chi connectivity index (χ3n) is 4.13. The molecule has 1 N–H and O–H groups in total. The standard InChI is InChI=1S/C20H22N2.2BrH/c1-3-16(4-2)21-20-14-19(15-10-6-5-7-11-15)22-18-13-9-8-12-17(18)20;;/h5-14,16H,3-4H2,1-2H3,(H,21,22);2*1H. The quantitative estimate of drug-likeness (QED) is 0.469. The van der Waals surface area contributed by atoms with E-state index in [2.05, 4.69) is 67.7 Å². The van der Waals surface area contributed by atoms with Gasteiger partial charge in [0, 0.05) is 22.7 Å². The lowest BCUT2D eigenvalue weighted by Crippen LogP contribution is -2.17. The summed E-state index contributed by atoms with van der Waals surface area (Å²) in [5.41, 5.74) is 4.39. The van der Waals surface area contributed by atoms with Crippen molar-refractivity contribution in [1.29, 1.82) is 0 Å². The number of hydrogen-bond acceptors (Lipinski definition) is 2. The Labute approximate surface area is 165 Å². The first-order valence-corrected chi connectivity index (χ1v) is 8.03. The number of hydrogen-bond donors (Lipinski definition) is 1. The molecule has 0 aliphatic heterocycles. The summed E-state index contributed by atoms with van der Waals surface area (Å²) < 4.78 is 0. The van der Waals surface area contributed by atoms with Crippen LogP contribution in [0.2, 0.25) is 0 Å². The van der Waals surface area contributed by atoms with Gasteiger partial charge >= 0.3 is 0 Å². The van der Waals surface area contributed by atoms with Crippen molar-refractivity contribution in [2.24, 2.45) is 0 Å². The molecule has 1 heterocycles. The van der Waals surface area contributed by atoms with Gasteiger partial charge in [0.15, 0.2) is 0 Å².